The Hall–Kier alpha value is -4.63. The SMILES string of the molecule is CCNC(=O)c1ccc2c(c1)CCc1cc(C(=O)NCC)ccc1C2(CCNCC(=O)N1CCCC1C#N)c1nnn[nH]1. The topological polar surface area (TPSA) is 169 Å². The number of hydrogen-bond acceptors (Lipinski definition) is 8. The molecule has 1 atom stereocenters. The third-order valence-corrected chi connectivity index (χ3v) is 8.42. The van der Waals surface area contributed by atoms with Crippen LogP contribution in [0.3, 0.4) is 0 Å². The van der Waals surface area contributed by atoms with E-state index in [-0.39, 0.29) is 30.3 Å². The van der Waals surface area contributed by atoms with Gasteiger partial charge in [-0.3, -0.25) is 14.4 Å². The monoisotopic (exact) mass is 583 g/mol. The summed E-state index contributed by atoms with van der Waals surface area (Å²) in [7, 11) is 0. The van der Waals surface area contributed by atoms with Crippen molar-refractivity contribution in [2.75, 3.05) is 32.7 Å². The molecule has 4 N–H and O–H groups in total. The molecule has 0 saturated carbocycles. The summed E-state index contributed by atoms with van der Waals surface area (Å²) in [4.78, 5) is 40.1. The molecule has 5 rings (SSSR count). The van der Waals surface area contributed by atoms with Crippen LogP contribution < -0.4 is 16.0 Å². The number of aryl methyl sites for hydroxylation is 2. The van der Waals surface area contributed by atoms with Crippen molar-refractivity contribution < 1.29 is 14.4 Å². The van der Waals surface area contributed by atoms with Crippen LogP contribution in [0, 0.1) is 11.3 Å². The second-order valence-corrected chi connectivity index (χ2v) is 10.9. The van der Waals surface area contributed by atoms with Crippen molar-refractivity contribution in [2.45, 2.75) is 57.4 Å². The smallest absolute Gasteiger partial charge is 0.251 e. The summed E-state index contributed by atoms with van der Waals surface area (Å²) >= 11 is 0. The van der Waals surface area contributed by atoms with Crippen molar-refractivity contribution in [3.63, 3.8) is 0 Å². The molecular weight excluding hydrogens is 546 g/mol. The molecule has 3 amide bonds. The Bertz CT molecular complexity index is 1460. The summed E-state index contributed by atoms with van der Waals surface area (Å²) in [6, 6.07) is 13.3. The highest BCUT2D eigenvalue weighted by Crippen LogP contribution is 2.46. The summed E-state index contributed by atoms with van der Waals surface area (Å²) < 4.78 is 0. The maximum atomic E-state index is 12.9. The first-order chi connectivity index (χ1) is 20.9. The van der Waals surface area contributed by atoms with Gasteiger partial charge in [-0.2, -0.15) is 5.26 Å². The number of nitriles is 1. The van der Waals surface area contributed by atoms with Crippen LogP contribution in [-0.2, 0) is 23.1 Å². The van der Waals surface area contributed by atoms with E-state index in [1.807, 2.05) is 50.2 Å². The van der Waals surface area contributed by atoms with Gasteiger partial charge in [-0.25, -0.2) is 5.10 Å². The highest BCUT2D eigenvalue weighted by Gasteiger charge is 2.44. The molecule has 2 heterocycles. The van der Waals surface area contributed by atoms with Crippen molar-refractivity contribution in [3.8, 4) is 6.07 Å². The van der Waals surface area contributed by atoms with Crippen LogP contribution >= 0.6 is 0 Å². The van der Waals surface area contributed by atoms with Gasteiger partial charge < -0.3 is 20.9 Å². The van der Waals surface area contributed by atoms with Crippen molar-refractivity contribution in [3.05, 3.63) is 75.6 Å². The number of fused-ring (bicyclic) bond motifs is 2. The third-order valence-electron chi connectivity index (χ3n) is 8.42. The number of likely N-dealkylation sites (tertiary alicyclic amines) is 1. The van der Waals surface area contributed by atoms with E-state index in [9.17, 15) is 19.6 Å². The normalized spacial score (nSPS) is 16.9. The number of hydrogen-bond donors (Lipinski definition) is 4. The number of nitrogens with zero attached hydrogens (tertiary/aromatic N) is 5. The minimum Gasteiger partial charge on any atom is -0.352 e. The van der Waals surface area contributed by atoms with Crippen molar-refractivity contribution >= 4 is 17.7 Å². The summed E-state index contributed by atoms with van der Waals surface area (Å²) in [5, 5.41) is 33.7. The fourth-order valence-electron chi connectivity index (χ4n) is 6.41. The highest BCUT2D eigenvalue weighted by molar-refractivity contribution is 5.95. The predicted octanol–water partition coefficient (Wildman–Crippen LogP) is 1.63. The molecule has 3 aromatic rings. The standard InChI is InChI=1S/C31H37N9O3/c1-3-34-28(42)22-9-11-25-20(16-22)7-8-21-17-23(29(43)35-4-2)10-12-26(21)31(25,30-36-38-39-37-30)13-14-33-19-27(41)40-15-5-6-24(40)18-32/h9-12,16-17,24,33H,3-8,13-15,19H2,1-2H3,(H,34,42)(H,35,43)(H,36,37,38,39). The van der Waals surface area contributed by atoms with E-state index in [0.29, 0.717) is 68.8 Å². The summed E-state index contributed by atoms with van der Waals surface area (Å²) in [6.07, 6.45) is 3.31. The average Bonchev–Trinajstić information content (AvgIpc) is 3.71. The Morgan fingerprint density at radius 1 is 1.02 bits per heavy atom. The molecule has 224 valence electrons. The number of rotatable bonds is 10. The lowest BCUT2D eigenvalue weighted by Gasteiger charge is -2.34. The molecule has 0 spiro atoms. The Morgan fingerprint density at radius 3 is 2.19 bits per heavy atom. The molecular formula is C31H37N9O3. The van der Waals surface area contributed by atoms with Gasteiger partial charge in [-0.05, 0) is 109 Å². The molecule has 2 aromatic carbocycles. The number of H-pyrrole nitrogens is 1. The van der Waals surface area contributed by atoms with Gasteiger partial charge in [0, 0.05) is 30.8 Å². The minimum absolute atomic E-state index is 0.0979. The van der Waals surface area contributed by atoms with E-state index in [2.05, 4.69) is 42.6 Å². The Labute approximate surface area is 250 Å². The fraction of sp³-hybridized carbons (Fsp3) is 0.452. The zero-order chi connectivity index (χ0) is 30.4. The van der Waals surface area contributed by atoms with Gasteiger partial charge >= 0.3 is 0 Å². The summed E-state index contributed by atoms with van der Waals surface area (Å²) in [5.41, 5.74) is 4.17. The minimum atomic E-state index is -0.858. The van der Waals surface area contributed by atoms with Gasteiger partial charge in [0.25, 0.3) is 11.8 Å². The van der Waals surface area contributed by atoms with E-state index in [4.69, 9.17) is 0 Å². The Balaban J connectivity index is 1.55. The number of aromatic amines is 1. The highest BCUT2D eigenvalue weighted by atomic mass is 16.2. The average molecular weight is 584 g/mol. The first kappa shape index (κ1) is 29.8. The maximum Gasteiger partial charge on any atom is 0.251 e. The third kappa shape index (κ3) is 5.85. The van der Waals surface area contributed by atoms with E-state index < -0.39 is 5.41 Å². The van der Waals surface area contributed by atoms with Gasteiger partial charge in [0.2, 0.25) is 5.91 Å². The van der Waals surface area contributed by atoms with Crippen molar-refractivity contribution in [1.29, 1.82) is 5.26 Å². The van der Waals surface area contributed by atoms with Gasteiger partial charge in [0.1, 0.15) is 6.04 Å². The lowest BCUT2D eigenvalue weighted by molar-refractivity contribution is -0.130. The second kappa shape index (κ2) is 13.1. The molecule has 1 aromatic heterocycles. The quantitative estimate of drug-likeness (QED) is 0.261. The van der Waals surface area contributed by atoms with Crippen LogP contribution in [0.25, 0.3) is 0 Å². The Kier molecular flexibility index (Phi) is 9.11. The summed E-state index contributed by atoms with van der Waals surface area (Å²) in [5.74, 6) is 0.149. The summed E-state index contributed by atoms with van der Waals surface area (Å²) in [6.45, 7) is 5.95. The van der Waals surface area contributed by atoms with Crippen LogP contribution in [0.5, 0.6) is 0 Å². The lowest BCUT2D eigenvalue weighted by Crippen LogP contribution is -2.42. The molecule has 12 nitrogen and oxygen atoms in total. The Morgan fingerprint density at radius 2 is 1.65 bits per heavy atom. The fourth-order valence-corrected chi connectivity index (χ4v) is 6.41. The molecule has 0 bridgehead atoms. The van der Waals surface area contributed by atoms with Crippen molar-refractivity contribution in [2.24, 2.45) is 0 Å². The number of tetrazole rings is 1. The van der Waals surface area contributed by atoms with Gasteiger partial charge in [0.15, 0.2) is 5.82 Å². The zero-order valence-electron chi connectivity index (χ0n) is 24.6. The molecule has 1 unspecified atom stereocenters. The molecule has 12 heteroatoms. The number of benzene rings is 2. The number of amides is 3. The van der Waals surface area contributed by atoms with Gasteiger partial charge in [0.05, 0.1) is 18.0 Å². The van der Waals surface area contributed by atoms with Crippen LogP contribution in [0.2, 0.25) is 0 Å². The number of nitrogens with one attached hydrogen (secondary N) is 4. The molecule has 0 radical (unpaired) electrons. The lowest BCUT2D eigenvalue weighted by atomic mass is 9.69. The van der Waals surface area contributed by atoms with Crippen LogP contribution in [0.1, 0.15) is 81.9 Å². The van der Waals surface area contributed by atoms with Crippen LogP contribution in [-0.4, -0.2) is 82.0 Å². The second-order valence-electron chi connectivity index (χ2n) is 10.9. The van der Waals surface area contributed by atoms with Gasteiger partial charge in [-0.15, -0.1) is 5.10 Å². The first-order valence-corrected chi connectivity index (χ1v) is 14.9. The van der Waals surface area contributed by atoms with Gasteiger partial charge in [-0.1, -0.05) is 12.1 Å². The first-order valence-electron chi connectivity index (χ1n) is 14.9. The number of carbonyl (C=O) groups excluding carboxylic acids is 3. The molecule has 1 aliphatic heterocycles. The molecule has 1 fully saturated rings. The zero-order valence-corrected chi connectivity index (χ0v) is 24.6. The maximum absolute atomic E-state index is 12.9. The molecule has 1 saturated heterocycles. The van der Waals surface area contributed by atoms with E-state index in [1.165, 1.54) is 0 Å². The van der Waals surface area contributed by atoms with E-state index >= 15 is 0 Å². The number of carbonyl (C=O) groups is 3. The molecule has 2 aliphatic rings. The van der Waals surface area contributed by atoms with E-state index in [0.717, 1.165) is 28.7 Å². The number of aromatic nitrogens is 4. The van der Waals surface area contributed by atoms with Crippen LogP contribution in [0.15, 0.2) is 36.4 Å². The largest absolute Gasteiger partial charge is 0.352 e. The van der Waals surface area contributed by atoms with E-state index in [1.54, 1.807) is 4.90 Å². The molecule has 43 heavy (non-hydrogen) atoms. The molecule has 1 aliphatic carbocycles. The van der Waals surface area contributed by atoms with Crippen molar-refractivity contribution in [1.82, 2.24) is 41.5 Å². The van der Waals surface area contributed by atoms with Crippen LogP contribution in [0.4, 0.5) is 0 Å². The predicted molar refractivity (Wildman–Crippen MR) is 158 cm³/mol.